The van der Waals surface area contributed by atoms with Crippen LogP contribution in [0.5, 0.6) is 11.5 Å². The number of carbonyl (C=O) groups excluding carboxylic acids is 2. The summed E-state index contributed by atoms with van der Waals surface area (Å²) in [6.45, 7) is 0. The smallest absolute Gasteiger partial charge is 0.224 e. The largest absolute Gasteiger partial charge is 0.493 e. The van der Waals surface area contributed by atoms with Gasteiger partial charge in [-0.3, -0.25) is 9.59 Å². The summed E-state index contributed by atoms with van der Waals surface area (Å²) in [5.41, 5.74) is 1.21. The highest BCUT2D eigenvalue weighted by molar-refractivity contribution is 6.00. The van der Waals surface area contributed by atoms with E-state index in [9.17, 15) is 9.59 Å². The first-order valence-electron chi connectivity index (χ1n) is 7.24. The van der Waals surface area contributed by atoms with E-state index in [1.165, 1.54) is 14.2 Å². The van der Waals surface area contributed by atoms with Crippen LogP contribution >= 0.6 is 0 Å². The molecular formula is C18H19NO4. The Labute approximate surface area is 135 Å². The zero-order valence-electron chi connectivity index (χ0n) is 13.2. The topological polar surface area (TPSA) is 64.6 Å². The maximum absolute atomic E-state index is 12.2. The van der Waals surface area contributed by atoms with Gasteiger partial charge in [-0.1, -0.05) is 18.2 Å². The SMILES string of the molecule is COc1ccc(C(=O)CCC(=O)Nc2ccccc2)cc1OC. The van der Waals surface area contributed by atoms with E-state index in [0.717, 1.165) is 5.69 Å². The Balaban J connectivity index is 1.93. The van der Waals surface area contributed by atoms with Crippen LogP contribution in [0, 0.1) is 0 Å². The van der Waals surface area contributed by atoms with Gasteiger partial charge < -0.3 is 14.8 Å². The fraction of sp³-hybridized carbons (Fsp3) is 0.222. The van der Waals surface area contributed by atoms with Gasteiger partial charge in [-0.2, -0.15) is 0 Å². The number of benzene rings is 2. The summed E-state index contributed by atoms with van der Waals surface area (Å²) in [4.78, 5) is 24.1. The lowest BCUT2D eigenvalue weighted by Crippen LogP contribution is -2.13. The first-order chi connectivity index (χ1) is 11.1. The number of anilines is 1. The van der Waals surface area contributed by atoms with Crippen LogP contribution in [0.2, 0.25) is 0 Å². The maximum Gasteiger partial charge on any atom is 0.224 e. The van der Waals surface area contributed by atoms with E-state index < -0.39 is 0 Å². The van der Waals surface area contributed by atoms with Gasteiger partial charge in [0.1, 0.15) is 0 Å². The summed E-state index contributed by atoms with van der Waals surface area (Å²) < 4.78 is 10.3. The number of hydrogen-bond acceptors (Lipinski definition) is 4. The number of Topliss-reactive ketones (excluding diaryl/α,β-unsaturated/α-hetero) is 1. The number of ether oxygens (including phenoxy) is 2. The standard InChI is InChI=1S/C18H19NO4/c1-22-16-10-8-13(12-17(16)23-2)15(20)9-11-18(21)19-14-6-4-3-5-7-14/h3-8,10,12H,9,11H2,1-2H3,(H,19,21). The van der Waals surface area contributed by atoms with Crippen molar-refractivity contribution >= 4 is 17.4 Å². The summed E-state index contributed by atoms with van der Waals surface area (Å²) in [6.07, 6.45) is 0.260. The lowest BCUT2D eigenvalue weighted by atomic mass is 10.1. The van der Waals surface area contributed by atoms with Crippen molar-refractivity contribution in [1.82, 2.24) is 0 Å². The fourth-order valence-electron chi connectivity index (χ4n) is 2.13. The molecule has 2 aromatic rings. The average Bonchev–Trinajstić information content (AvgIpc) is 2.59. The van der Waals surface area contributed by atoms with Gasteiger partial charge in [0.25, 0.3) is 0 Å². The highest BCUT2D eigenvalue weighted by Gasteiger charge is 2.12. The van der Waals surface area contributed by atoms with Crippen LogP contribution < -0.4 is 14.8 Å². The molecule has 0 aliphatic carbocycles. The first kappa shape index (κ1) is 16.5. The number of methoxy groups -OCH3 is 2. The fourth-order valence-corrected chi connectivity index (χ4v) is 2.13. The average molecular weight is 313 g/mol. The first-order valence-corrected chi connectivity index (χ1v) is 7.24. The van der Waals surface area contributed by atoms with Crippen LogP contribution in [0.3, 0.4) is 0 Å². The van der Waals surface area contributed by atoms with E-state index in [1.807, 2.05) is 18.2 Å². The summed E-state index contributed by atoms with van der Waals surface area (Å²) >= 11 is 0. The zero-order chi connectivity index (χ0) is 16.7. The van der Waals surface area contributed by atoms with E-state index in [2.05, 4.69) is 5.32 Å². The molecule has 0 aliphatic rings. The van der Waals surface area contributed by atoms with E-state index in [0.29, 0.717) is 17.1 Å². The van der Waals surface area contributed by atoms with Crippen LogP contribution in [0.4, 0.5) is 5.69 Å². The molecule has 0 atom stereocenters. The van der Waals surface area contributed by atoms with E-state index >= 15 is 0 Å². The molecule has 0 fully saturated rings. The van der Waals surface area contributed by atoms with E-state index in [-0.39, 0.29) is 24.5 Å². The van der Waals surface area contributed by atoms with Crippen LogP contribution in [0.15, 0.2) is 48.5 Å². The molecule has 0 bridgehead atoms. The van der Waals surface area contributed by atoms with E-state index in [1.54, 1.807) is 30.3 Å². The lowest BCUT2D eigenvalue weighted by Gasteiger charge is -2.09. The summed E-state index contributed by atoms with van der Waals surface area (Å²) in [5, 5.41) is 2.75. The lowest BCUT2D eigenvalue weighted by molar-refractivity contribution is -0.116. The number of ketones is 1. The molecule has 0 saturated heterocycles. The third kappa shape index (κ3) is 4.57. The second-order valence-corrected chi connectivity index (χ2v) is 4.91. The summed E-state index contributed by atoms with van der Waals surface area (Å²) in [7, 11) is 3.05. The Bertz CT molecular complexity index is 683. The molecule has 0 heterocycles. The zero-order valence-corrected chi connectivity index (χ0v) is 13.2. The third-order valence-electron chi connectivity index (χ3n) is 3.34. The van der Waals surface area contributed by atoms with Crippen molar-refractivity contribution < 1.29 is 19.1 Å². The molecule has 5 heteroatoms. The minimum atomic E-state index is -0.190. The van der Waals surface area contributed by atoms with Crippen molar-refractivity contribution in [3.63, 3.8) is 0 Å². The predicted octanol–water partition coefficient (Wildman–Crippen LogP) is 3.31. The van der Waals surface area contributed by atoms with Gasteiger partial charge in [-0.15, -0.1) is 0 Å². The van der Waals surface area contributed by atoms with Crippen LogP contribution in [-0.4, -0.2) is 25.9 Å². The maximum atomic E-state index is 12.2. The van der Waals surface area contributed by atoms with Gasteiger partial charge in [-0.05, 0) is 30.3 Å². The molecule has 23 heavy (non-hydrogen) atoms. The molecule has 0 unspecified atom stereocenters. The molecule has 0 aliphatic heterocycles. The van der Waals surface area contributed by atoms with Crippen LogP contribution in [0.1, 0.15) is 23.2 Å². The Kier molecular flexibility index (Phi) is 5.74. The van der Waals surface area contributed by atoms with Gasteiger partial charge in [0.15, 0.2) is 17.3 Å². The number of nitrogens with one attached hydrogen (secondary N) is 1. The molecule has 2 rings (SSSR count). The van der Waals surface area contributed by atoms with Gasteiger partial charge in [-0.25, -0.2) is 0 Å². The Morgan fingerprint density at radius 3 is 2.26 bits per heavy atom. The van der Waals surface area contributed by atoms with Crippen molar-refractivity contribution in [2.45, 2.75) is 12.8 Å². The van der Waals surface area contributed by atoms with Crippen LogP contribution in [0.25, 0.3) is 0 Å². The number of amides is 1. The number of hydrogen-bond donors (Lipinski definition) is 1. The van der Waals surface area contributed by atoms with Crippen molar-refractivity contribution in [3.8, 4) is 11.5 Å². The Morgan fingerprint density at radius 2 is 1.61 bits per heavy atom. The molecule has 0 spiro atoms. The second kappa shape index (κ2) is 7.98. The molecule has 5 nitrogen and oxygen atoms in total. The Morgan fingerprint density at radius 1 is 0.913 bits per heavy atom. The second-order valence-electron chi connectivity index (χ2n) is 4.91. The molecule has 0 radical (unpaired) electrons. The number of carbonyl (C=O) groups is 2. The van der Waals surface area contributed by atoms with E-state index in [4.69, 9.17) is 9.47 Å². The van der Waals surface area contributed by atoms with Crippen LogP contribution in [-0.2, 0) is 4.79 Å². The highest BCUT2D eigenvalue weighted by atomic mass is 16.5. The molecule has 1 amide bonds. The van der Waals surface area contributed by atoms with Gasteiger partial charge in [0.05, 0.1) is 14.2 Å². The normalized spacial score (nSPS) is 10.0. The summed E-state index contributed by atoms with van der Waals surface area (Å²) in [5.74, 6) is 0.747. The number of para-hydroxylation sites is 1. The highest BCUT2D eigenvalue weighted by Crippen LogP contribution is 2.28. The number of rotatable bonds is 7. The predicted molar refractivity (Wildman–Crippen MR) is 88.2 cm³/mol. The summed E-state index contributed by atoms with van der Waals surface area (Å²) in [6, 6.07) is 14.1. The van der Waals surface area contributed by atoms with Crippen molar-refractivity contribution in [2.75, 3.05) is 19.5 Å². The molecule has 0 saturated carbocycles. The monoisotopic (exact) mass is 313 g/mol. The van der Waals surface area contributed by atoms with Gasteiger partial charge in [0.2, 0.25) is 5.91 Å². The van der Waals surface area contributed by atoms with Gasteiger partial charge >= 0.3 is 0 Å². The minimum absolute atomic E-state index is 0.117. The molecule has 120 valence electrons. The quantitative estimate of drug-likeness (QED) is 0.797. The van der Waals surface area contributed by atoms with Crippen molar-refractivity contribution in [3.05, 3.63) is 54.1 Å². The van der Waals surface area contributed by atoms with Crippen molar-refractivity contribution in [2.24, 2.45) is 0 Å². The third-order valence-corrected chi connectivity index (χ3v) is 3.34. The molecule has 0 aromatic heterocycles. The van der Waals surface area contributed by atoms with Gasteiger partial charge in [0, 0.05) is 24.1 Å². The molecular weight excluding hydrogens is 294 g/mol. The molecule has 2 aromatic carbocycles. The Hall–Kier alpha value is -2.82. The minimum Gasteiger partial charge on any atom is -0.493 e. The molecule has 1 N–H and O–H groups in total. The van der Waals surface area contributed by atoms with Crippen molar-refractivity contribution in [1.29, 1.82) is 0 Å².